The van der Waals surface area contributed by atoms with Crippen molar-refractivity contribution in [1.29, 1.82) is 0 Å². The molecule has 0 radical (unpaired) electrons. The minimum Gasteiger partial charge on any atom is -0.396 e. The zero-order valence-electron chi connectivity index (χ0n) is 10.2. The summed E-state index contributed by atoms with van der Waals surface area (Å²) < 4.78 is 31.8. The molecule has 0 saturated heterocycles. The van der Waals surface area contributed by atoms with Gasteiger partial charge in [-0.05, 0) is 6.07 Å². The summed E-state index contributed by atoms with van der Waals surface area (Å²) in [5.41, 5.74) is 5.94. The number of hydrogen-bond donors (Lipinski definition) is 1. The summed E-state index contributed by atoms with van der Waals surface area (Å²) in [7, 11) is 0. The second-order valence-corrected chi connectivity index (χ2v) is 4.14. The topological polar surface area (TPSA) is 64.9 Å². The van der Waals surface area contributed by atoms with E-state index < -0.39 is 11.6 Å². The zero-order valence-corrected chi connectivity index (χ0v) is 10.2. The number of aromatic nitrogens is 2. The van der Waals surface area contributed by atoms with Crippen LogP contribution in [0.15, 0.2) is 47.0 Å². The van der Waals surface area contributed by atoms with Crippen molar-refractivity contribution in [2.24, 2.45) is 0 Å². The standard InChI is InChI=1S/C14H9F2N3O/c15-10-7-11(16)12(17)6-9(10)14-18-13(19-20-14)8-4-2-1-3-5-8/h1-7H,17H2. The average Bonchev–Trinajstić information content (AvgIpc) is 2.93. The molecule has 0 bridgehead atoms. The molecule has 4 nitrogen and oxygen atoms in total. The van der Waals surface area contributed by atoms with Crippen molar-refractivity contribution in [3.63, 3.8) is 0 Å². The summed E-state index contributed by atoms with van der Waals surface area (Å²) in [6.45, 7) is 0. The Hall–Kier alpha value is -2.76. The predicted molar refractivity (Wildman–Crippen MR) is 69.5 cm³/mol. The average molecular weight is 273 g/mol. The van der Waals surface area contributed by atoms with Gasteiger partial charge in [0, 0.05) is 11.6 Å². The molecule has 0 atom stereocenters. The lowest BCUT2D eigenvalue weighted by atomic mass is 10.1. The van der Waals surface area contributed by atoms with Gasteiger partial charge < -0.3 is 10.3 Å². The Labute approximate surface area is 112 Å². The smallest absolute Gasteiger partial charge is 0.261 e. The molecular formula is C14H9F2N3O. The van der Waals surface area contributed by atoms with Crippen LogP contribution in [-0.2, 0) is 0 Å². The third kappa shape index (κ3) is 2.11. The number of halogens is 2. The second-order valence-electron chi connectivity index (χ2n) is 4.14. The van der Waals surface area contributed by atoms with Gasteiger partial charge in [0.2, 0.25) is 5.82 Å². The Kier molecular flexibility index (Phi) is 2.90. The van der Waals surface area contributed by atoms with E-state index in [2.05, 4.69) is 10.1 Å². The van der Waals surface area contributed by atoms with Gasteiger partial charge in [0.05, 0.1) is 11.3 Å². The van der Waals surface area contributed by atoms with Gasteiger partial charge in [-0.1, -0.05) is 35.5 Å². The maximum absolute atomic E-state index is 13.7. The van der Waals surface area contributed by atoms with Gasteiger partial charge >= 0.3 is 0 Å². The summed E-state index contributed by atoms with van der Waals surface area (Å²) >= 11 is 0. The van der Waals surface area contributed by atoms with Gasteiger partial charge in [-0.2, -0.15) is 4.98 Å². The highest BCUT2D eigenvalue weighted by molar-refractivity contribution is 5.63. The Morgan fingerprint density at radius 1 is 1.00 bits per heavy atom. The molecule has 6 heteroatoms. The molecule has 0 spiro atoms. The third-order valence-electron chi connectivity index (χ3n) is 2.77. The van der Waals surface area contributed by atoms with Crippen molar-refractivity contribution < 1.29 is 13.3 Å². The van der Waals surface area contributed by atoms with E-state index in [0.717, 1.165) is 11.6 Å². The number of nitrogens with zero attached hydrogens (tertiary/aromatic N) is 2. The number of hydrogen-bond acceptors (Lipinski definition) is 4. The van der Waals surface area contributed by atoms with E-state index in [4.69, 9.17) is 10.3 Å². The molecule has 1 aromatic heterocycles. The Balaban J connectivity index is 2.05. The maximum Gasteiger partial charge on any atom is 0.261 e. The lowest BCUT2D eigenvalue weighted by Gasteiger charge is -2.00. The van der Waals surface area contributed by atoms with E-state index in [-0.39, 0.29) is 17.1 Å². The first-order valence-corrected chi connectivity index (χ1v) is 5.79. The number of anilines is 1. The number of rotatable bonds is 2. The van der Waals surface area contributed by atoms with Gasteiger partial charge in [0.1, 0.15) is 11.6 Å². The van der Waals surface area contributed by atoms with Crippen molar-refractivity contribution >= 4 is 5.69 Å². The highest BCUT2D eigenvalue weighted by atomic mass is 19.1. The van der Waals surface area contributed by atoms with Gasteiger partial charge in [0.15, 0.2) is 0 Å². The van der Waals surface area contributed by atoms with Crippen LogP contribution in [0.4, 0.5) is 14.5 Å². The first-order valence-electron chi connectivity index (χ1n) is 5.79. The molecule has 2 N–H and O–H groups in total. The van der Waals surface area contributed by atoms with Crippen molar-refractivity contribution in [3.8, 4) is 22.8 Å². The summed E-state index contributed by atoms with van der Waals surface area (Å²) in [4.78, 5) is 4.09. The molecule has 0 saturated carbocycles. The summed E-state index contributed by atoms with van der Waals surface area (Å²) in [5, 5.41) is 3.77. The molecule has 100 valence electrons. The number of benzene rings is 2. The first kappa shape index (κ1) is 12.3. The Morgan fingerprint density at radius 3 is 2.50 bits per heavy atom. The van der Waals surface area contributed by atoms with Crippen LogP contribution < -0.4 is 5.73 Å². The Bertz CT molecular complexity index is 756. The Morgan fingerprint density at radius 2 is 1.75 bits per heavy atom. The maximum atomic E-state index is 13.7. The van der Waals surface area contributed by atoms with Crippen LogP contribution in [0.5, 0.6) is 0 Å². The van der Waals surface area contributed by atoms with E-state index in [1.165, 1.54) is 0 Å². The lowest BCUT2D eigenvalue weighted by Crippen LogP contribution is -1.94. The number of nitrogens with two attached hydrogens (primary N) is 1. The third-order valence-corrected chi connectivity index (χ3v) is 2.77. The number of nitrogen functional groups attached to an aromatic ring is 1. The van der Waals surface area contributed by atoms with Crippen molar-refractivity contribution in [1.82, 2.24) is 10.1 Å². The summed E-state index contributed by atoms with van der Waals surface area (Å²) in [6.07, 6.45) is 0. The van der Waals surface area contributed by atoms with Crippen LogP contribution in [0, 0.1) is 11.6 Å². The molecule has 3 rings (SSSR count). The fourth-order valence-corrected chi connectivity index (χ4v) is 1.77. The molecule has 2 aromatic carbocycles. The molecular weight excluding hydrogens is 264 g/mol. The monoisotopic (exact) mass is 273 g/mol. The molecule has 0 aliphatic rings. The van der Waals surface area contributed by atoms with Crippen molar-refractivity contribution in [2.75, 3.05) is 5.73 Å². The van der Waals surface area contributed by atoms with E-state index in [1.807, 2.05) is 18.2 Å². The van der Waals surface area contributed by atoms with Crippen LogP contribution in [0.25, 0.3) is 22.8 Å². The van der Waals surface area contributed by atoms with E-state index in [1.54, 1.807) is 12.1 Å². The first-order chi connectivity index (χ1) is 9.65. The van der Waals surface area contributed by atoms with Crippen molar-refractivity contribution in [2.45, 2.75) is 0 Å². The quantitative estimate of drug-likeness (QED) is 0.728. The van der Waals surface area contributed by atoms with E-state index >= 15 is 0 Å². The van der Waals surface area contributed by atoms with E-state index in [9.17, 15) is 8.78 Å². The molecule has 0 aliphatic heterocycles. The van der Waals surface area contributed by atoms with Crippen LogP contribution in [0.2, 0.25) is 0 Å². The molecule has 0 fully saturated rings. The fraction of sp³-hybridized carbons (Fsp3) is 0. The van der Waals surface area contributed by atoms with Gasteiger partial charge in [-0.25, -0.2) is 8.78 Å². The molecule has 0 amide bonds. The second kappa shape index (κ2) is 4.73. The van der Waals surface area contributed by atoms with Crippen LogP contribution in [0.1, 0.15) is 0 Å². The minimum absolute atomic E-state index is 0.0291. The van der Waals surface area contributed by atoms with Crippen LogP contribution in [-0.4, -0.2) is 10.1 Å². The molecule has 20 heavy (non-hydrogen) atoms. The normalized spacial score (nSPS) is 10.7. The molecule has 0 aliphatic carbocycles. The zero-order chi connectivity index (χ0) is 14.1. The van der Waals surface area contributed by atoms with Crippen molar-refractivity contribution in [3.05, 3.63) is 54.1 Å². The summed E-state index contributed by atoms with van der Waals surface area (Å²) in [6, 6.07) is 10.9. The SMILES string of the molecule is Nc1cc(-c2nc(-c3ccccc3)no2)c(F)cc1F. The van der Waals surface area contributed by atoms with Crippen LogP contribution >= 0.6 is 0 Å². The van der Waals surface area contributed by atoms with Gasteiger partial charge in [-0.15, -0.1) is 0 Å². The van der Waals surface area contributed by atoms with Gasteiger partial charge in [-0.3, -0.25) is 0 Å². The molecule has 0 unspecified atom stereocenters. The largest absolute Gasteiger partial charge is 0.396 e. The van der Waals surface area contributed by atoms with Gasteiger partial charge in [0.25, 0.3) is 5.89 Å². The highest BCUT2D eigenvalue weighted by Crippen LogP contribution is 2.27. The molecule has 1 heterocycles. The van der Waals surface area contributed by atoms with Crippen LogP contribution in [0.3, 0.4) is 0 Å². The minimum atomic E-state index is -0.825. The molecule has 3 aromatic rings. The van der Waals surface area contributed by atoms with E-state index in [0.29, 0.717) is 11.9 Å². The lowest BCUT2D eigenvalue weighted by molar-refractivity contribution is 0.429. The predicted octanol–water partition coefficient (Wildman–Crippen LogP) is 3.26. The fourth-order valence-electron chi connectivity index (χ4n) is 1.77. The highest BCUT2D eigenvalue weighted by Gasteiger charge is 2.16. The summed E-state index contributed by atoms with van der Waals surface area (Å²) in [5.74, 6) is -1.36.